The molecule has 0 spiro atoms. The van der Waals surface area contributed by atoms with Crippen LogP contribution in [0.15, 0.2) is 51.8 Å². The second-order valence-electron chi connectivity index (χ2n) is 6.14. The van der Waals surface area contributed by atoms with Gasteiger partial charge in [0.1, 0.15) is 10.6 Å². The molecular formula is C19H15Br2N2O6+. The van der Waals surface area contributed by atoms with E-state index in [0.29, 0.717) is 22.9 Å². The van der Waals surface area contributed by atoms with Gasteiger partial charge in [-0.3, -0.25) is 9.32 Å². The van der Waals surface area contributed by atoms with Gasteiger partial charge in [-0.25, -0.2) is 4.79 Å². The number of aromatic amines is 1. The van der Waals surface area contributed by atoms with Crippen molar-refractivity contribution in [3.8, 4) is 22.9 Å². The molecule has 1 aromatic heterocycles. The number of nitrogens with zero attached hydrogens (tertiary/aromatic N) is 1. The zero-order valence-corrected chi connectivity index (χ0v) is 18.2. The zero-order chi connectivity index (χ0) is 20.5. The van der Waals surface area contributed by atoms with Crippen LogP contribution in [-0.2, 0) is 0 Å². The van der Waals surface area contributed by atoms with E-state index >= 15 is 0 Å². The third kappa shape index (κ3) is 3.69. The van der Waals surface area contributed by atoms with E-state index in [9.17, 15) is 9.59 Å². The smallest absolute Gasteiger partial charge is 0.438 e. The molecule has 2 unspecified atom stereocenters. The van der Waals surface area contributed by atoms with Crippen molar-refractivity contribution in [2.75, 3.05) is 13.9 Å². The fraction of sp³-hybridized carbons (Fsp3) is 0.211. The van der Waals surface area contributed by atoms with Crippen molar-refractivity contribution in [3.05, 3.63) is 64.1 Å². The molecule has 2 aromatic carbocycles. The predicted octanol–water partition coefficient (Wildman–Crippen LogP) is 3.06. The van der Waals surface area contributed by atoms with E-state index < -0.39 is 21.1 Å². The van der Waals surface area contributed by atoms with Gasteiger partial charge in [0.05, 0.1) is 11.9 Å². The minimum absolute atomic E-state index is 0.137. The molecule has 1 aliphatic rings. The number of rotatable bonds is 6. The Labute approximate surface area is 181 Å². The number of ether oxygens (including phenoxy) is 3. The minimum Gasteiger partial charge on any atom is -0.497 e. The number of aromatic nitrogens is 2. The van der Waals surface area contributed by atoms with Gasteiger partial charge in [0.15, 0.2) is 11.5 Å². The normalized spacial score (nSPS) is 14.4. The number of carbonyl (C=O) groups is 1. The van der Waals surface area contributed by atoms with Crippen LogP contribution in [-0.4, -0.2) is 29.8 Å². The Morgan fingerprint density at radius 2 is 1.86 bits per heavy atom. The number of ketones is 1. The lowest BCUT2D eigenvalue weighted by atomic mass is 10.1. The maximum atomic E-state index is 13.1. The summed E-state index contributed by atoms with van der Waals surface area (Å²) in [7, 11) is 1.55. The van der Waals surface area contributed by atoms with E-state index in [1.165, 1.54) is 4.68 Å². The second kappa shape index (κ2) is 8.03. The highest BCUT2D eigenvalue weighted by molar-refractivity contribution is 9.12. The number of hydrogen-bond acceptors (Lipinski definition) is 6. The van der Waals surface area contributed by atoms with Gasteiger partial charge in [-0.15, -0.1) is 0 Å². The van der Waals surface area contributed by atoms with Gasteiger partial charge < -0.3 is 14.2 Å². The molecule has 0 bridgehead atoms. The summed E-state index contributed by atoms with van der Waals surface area (Å²) >= 11 is 6.95. The number of carbonyl (C=O) groups excluding carboxylic acids is 1. The van der Waals surface area contributed by atoms with Crippen LogP contribution in [0.25, 0.3) is 5.69 Å². The Morgan fingerprint density at radius 3 is 2.59 bits per heavy atom. The maximum absolute atomic E-state index is 13.1. The molecule has 3 aromatic rings. The van der Waals surface area contributed by atoms with Crippen molar-refractivity contribution < 1.29 is 28.2 Å². The number of halogens is 2. The second-order valence-corrected chi connectivity index (χ2v) is 8.12. The molecule has 4 rings (SSSR count). The molecule has 1 aliphatic heterocycles. The monoisotopic (exact) mass is 525 g/mol. The van der Waals surface area contributed by atoms with Crippen molar-refractivity contribution in [1.29, 1.82) is 0 Å². The molecule has 150 valence electrons. The zero-order valence-electron chi connectivity index (χ0n) is 15.1. The van der Waals surface area contributed by atoms with E-state index in [1.54, 1.807) is 43.5 Å². The Kier molecular flexibility index (Phi) is 5.46. The summed E-state index contributed by atoms with van der Waals surface area (Å²) in [6, 6.07) is 12.2. The summed E-state index contributed by atoms with van der Waals surface area (Å²) in [5.41, 5.74) is 0.442. The molecule has 0 aliphatic carbocycles. The van der Waals surface area contributed by atoms with Crippen LogP contribution in [0.3, 0.4) is 0 Å². The van der Waals surface area contributed by atoms with Gasteiger partial charge in [0, 0.05) is 12.1 Å². The molecule has 1 N–H and O–H groups in total. The quantitative estimate of drug-likeness (QED) is 0.301. The number of H-pyrrole nitrogens is 1. The molecule has 2 heterocycles. The van der Waals surface area contributed by atoms with Gasteiger partial charge in [0.2, 0.25) is 12.5 Å². The maximum Gasteiger partial charge on any atom is 0.438 e. The van der Waals surface area contributed by atoms with Crippen molar-refractivity contribution >= 4 is 37.6 Å². The topological polar surface area (TPSA) is 94.6 Å². The number of nitrogens with one attached hydrogen (secondary N) is 1. The van der Waals surface area contributed by atoms with E-state index in [0.717, 1.165) is 5.56 Å². The third-order valence-electron chi connectivity index (χ3n) is 4.43. The van der Waals surface area contributed by atoms with Crippen LogP contribution in [0.4, 0.5) is 0 Å². The highest BCUT2D eigenvalue weighted by Gasteiger charge is 2.38. The SMILES string of the molecule is COc1ccc(-[n+]2[nH]oc(=O)c2C(=O)C(Br)C(Br)c2ccc3c(c2)OCO3)cc1. The first-order valence-electron chi connectivity index (χ1n) is 8.49. The number of alkyl halides is 2. The minimum atomic E-state index is -0.763. The van der Waals surface area contributed by atoms with Crippen molar-refractivity contribution in [2.45, 2.75) is 9.65 Å². The van der Waals surface area contributed by atoms with E-state index in [2.05, 4.69) is 37.1 Å². The van der Waals surface area contributed by atoms with Crippen LogP contribution in [0.5, 0.6) is 17.2 Å². The lowest BCUT2D eigenvalue weighted by molar-refractivity contribution is -0.672. The van der Waals surface area contributed by atoms with Crippen LogP contribution in [0, 0.1) is 0 Å². The third-order valence-corrected chi connectivity index (χ3v) is 7.14. The molecule has 2 atom stereocenters. The molecule has 10 heteroatoms. The summed E-state index contributed by atoms with van der Waals surface area (Å²) in [5, 5.41) is 2.47. The van der Waals surface area contributed by atoms with Gasteiger partial charge in [-0.2, -0.15) is 0 Å². The van der Waals surface area contributed by atoms with Crippen LogP contribution in [0.2, 0.25) is 0 Å². The first kappa shape index (κ1) is 19.7. The van der Waals surface area contributed by atoms with E-state index in [-0.39, 0.29) is 12.5 Å². The Hall–Kier alpha value is -2.59. The van der Waals surface area contributed by atoms with Gasteiger partial charge >= 0.3 is 11.3 Å². The number of methoxy groups -OCH3 is 1. The Balaban J connectivity index is 1.63. The van der Waals surface area contributed by atoms with Crippen LogP contribution < -0.4 is 24.5 Å². The summed E-state index contributed by atoms with van der Waals surface area (Å²) in [4.78, 5) is 24.2. The molecule has 0 saturated heterocycles. The number of benzene rings is 2. The lowest BCUT2D eigenvalue weighted by Crippen LogP contribution is -2.43. The molecule has 0 radical (unpaired) electrons. The van der Waals surface area contributed by atoms with Gasteiger partial charge in [-0.1, -0.05) is 37.9 Å². The Morgan fingerprint density at radius 1 is 1.14 bits per heavy atom. The summed E-state index contributed by atoms with van der Waals surface area (Å²) < 4.78 is 22.0. The van der Waals surface area contributed by atoms with Gasteiger partial charge in [0.25, 0.3) is 5.78 Å². The standard InChI is InChI=1S/C19H14Br2N2O6/c1-26-12-5-3-11(4-6-12)23-17(19(25)29-22-23)18(24)16(21)15(20)10-2-7-13-14(8-10)28-9-27-13/h2-8,15-16H,9H2,1H3/p+1. The number of Topliss-reactive ketones (excluding diaryl/α,β-unsaturated/α-hetero) is 1. The average Bonchev–Trinajstić information content (AvgIpc) is 3.38. The largest absolute Gasteiger partial charge is 0.497 e. The fourth-order valence-electron chi connectivity index (χ4n) is 2.91. The summed E-state index contributed by atoms with van der Waals surface area (Å²) in [5.74, 6) is 1.45. The lowest BCUT2D eigenvalue weighted by Gasteiger charge is -2.14. The molecule has 0 fully saturated rings. The van der Waals surface area contributed by atoms with Crippen molar-refractivity contribution in [1.82, 2.24) is 5.27 Å². The highest BCUT2D eigenvalue weighted by atomic mass is 79.9. The van der Waals surface area contributed by atoms with Gasteiger partial charge in [-0.05, 0) is 39.8 Å². The molecular weight excluding hydrogens is 512 g/mol. The predicted molar refractivity (Wildman–Crippen MR) is 109 cm³/mol. The average molecular weight is 527 g/mol. The van der Waals surface area contributed by atoms with Crippen LogP contribution in [0.1, 0.15) is 20.9 Å². The van der Waals surface area contributed by atoms with E-state index in [4.69, 9.17) is 18.7 Å². The number of fused-ring (bicyclic) bond motifs is 1. The Bertz CT molecular complexity index is 1110. The number of hydrogen-bond donors (Lipinski definition) is 1. The van der Waals surface area contributed by atoms with Crippen molar-refractivity contribution in [2.24, 2.45) is 0 Å². The summed E-state index contributed by atoms with van der Waals surface area (Å²) in [6.45, 7) is 0.161. The van der Waals surface area contributed by atoms with E-state index in [1.807, 2.05) is 6.07 Å². The first-order valence-corrected chi connectivity index (χ1v) is 10.3. The molecule has 8 nitrogen and oxygen atoms in total. The molecule has 0 saturated carbocycles. The fourth-order valence-corrected chi connectivity index (χ4v) is 3.96. The summed E-state index contributed by atoms with van der Waals surface area (Å²) in [6.07, 6.45) is 0. The van der Waals surface area contributed by atoms with Crippen molar-refractivity contribution in [3.63, 3.8) is 0 Å². The van der Waals surface area contributed by atoms with Crippen LogP contribution >= 0.6 is 31.9 Å². The molecule has 29 heavy (non-hydrogen) atoms. The molecule has 0 amide bonds. The first-order chi connectivity index (χ1) is 14.0. The highest BCUT2D eigenvalue weighted by Crippen LogP contribution is 2.39.